The topological polar surface area (TPSA) is 63.8 Å². The van der Waals surface area contributed by atoms with Gasteiger partial charge in [-0.3, -0.25) is 0 Å². The summed E-state index contributed by atoms with van der Waals surface area (Å²) in [6.45, 7) is 21.3. The van der Waals surface area contributed by atoms with Crippen molar-refractivity contribution in [1.29, 1.82) is 0 Å². The third-order valence-electron chi connectivity index (χ3n) is 9.12. The average Bonchev–Trinajstić information content (AvgIpc) is 3.76. The molecule has 0 unspecified atom stereocenters. The Kier molecular flexibility index (Phi) is 8.76. The van der Waals surface area contributed by atoms with Gasteiger partial charge in [0.05, 0.1) is 18.3 Å². The molecule has 0 amide bonds. The van der Waals surface area contributed by atoms with Crippen molar-refractivity contribution in [2.24, 2.45) is 0 Å². The van der Waals surface area contributed by atoms with E-state index in [0.29, 0.717) is 6.61 Å². The summed E-state index contributed by atoms with van der Waals surface area (Å²) in [7, 11) is -4.64. The summed E-state index contributed by atoms with van der Waals surface area (Å²) in [4.78, 5) is 0. The van der Waals surface area contributed by atoms with Crippen LogP contribution in [-0.2, 0) is 18.3 Å². The van der Waals surface area contributed by atoms with Crippen molar-refractivity contribution < 1.29 is 23.4 Å². The number of aliphatic hydroxyl groups is 1. The molecule has 216 valence electrons. The largest absolute Gasteiger partial charge is 0.414 e. The van der Waals surface area contributed by atoms with Crippen LogP contribution in [0.2, 0.25) is 23.2 Å². The van der Waals surface area contributed by atoms with Crippen molar-refractivity contribution in [3.8, 4) is 0 Å². The number of aliphatic hydroxyl groups excluding tert-OH is 1. The molecule has 2 aromatic carbocycles. The minimum absolute atomic E-state index is 0.00174. The van der Waals surface area contributed by atoms with E-state index in [2.05, 4.69) is 122 Å². The molecular weight excluding hydrogens is 521 g/mol. The van der Waals surface area contributed by atoms with Crippen molar-refractivity contribution in [3.05, 3.63) is 60.7 Å². The lowest BCUT2D eigenvalue weighted by atomic mass is 9.96. The van der Waals surface area contributed by atoms with Gasteiger partial charge in [-0.05, 0) is 46.9 Å². The van der Waals surface area contributed by atoms with Gasteiger partial charge in [0, 0.05) is 13.0 Å². The number of hydrogen-bond donors (Lipinski definition) is 1. The molecule has 5 nitrogen and oxygen atoms in total. The lowest BCUT2D eigenvalue weighted by Crippen LogP contribution is -2.66. The van der Waals surface area contributed by atoms with E-state index in [1.165, 1.54) is 10.4 Å². The molecule has 2 saturated heterocycles. The predicted octanol–water partition coefficient (Wildman–Crippen LogP) is 5.65. The van der Waals surface area contributed by atoms with Crippen LogP contribution in [0.4, 0.5) is 0 Å². The molecule has 0 spiro atoms. The summed E-state index contributed by atoms with van der Waals surface area (Å²) >= 11 is 0. The van der Waals surface area contributed by atoms with Crippen LogP contribution in [0.15, 0.2) is 60.7 Å². The molecule has 2 aliphatic rings. The van der Waals surface area contributed by atoms with Gasteiger partial charge in [0.1, 0.15) is 18.3 Å². The number of benzene rings is 2. The van der Waals surface area contributed by atoms with Gasteiger partial charge in [0.2, 0.25) is 0 Å². The third kappa shape index (κ3) is 6.45. The average molecular weight is 571 g/mol. The number of hydrogen-bond acceptors (Lipinski definition) is 5. The van der Waals surface area contributed by atoms with E-state index >= 15 is 0 Å². The van der Waals surface area contributed by atoms with Gasteiger partial charge >= 0.3 is 0 Å². The van der Waals surface area contributed by atoms with Crippen molar-refractivity contribution >= 4 is 27.0 Å². The monoisotopic (exact) mass is 570 g/mol. The Hall–Kier alpha value is -1.33. The minimum atomic E-state index is -2.61. The van der Waals surface area contributed by atoms with Gasteiger partial charge in [-0.25, -0.2) is 0 Å². The summed E-state index contributed by atoms with van der Waals surface area (Å²) in [6, 6.07) is 21.6. The molecular formula is C32H50O5Si2. The van der Waals surface area contributed by atoms with Gasteiger partial charge < -0.3 is 23.4 Å². The molecule has 0 radical (unpaired) electrons. The molecule has 2 aliphatic heterocycles. The van der Waals surface area contributed by atoms with Gasteiger partial charge in [0.15, 0.2) is 8.32 Å². The molecule has 4 rings (SSSR count). The van der Waals surface area contributed by atoms with Crippen molar-refractivity contribution in [3.63, 3.8) is 0 Å². The second kappa shape index (κ2) is 11.2. The SMILES string of the molecule is CC(C)(C)[Si](C)(C)O[C@H](CCO[Si](c1ccccc1)(c1ccccc1)C(C)(C)C)C[C@]1(C)O[C@H]1[C@@H]1O[C@H]1CO. The van der Waals surface area contributed by atoms with E-state index in [1.54, 1.807) is 0 Å². The summed E-state index contributed by atoms with van der Waals surface area (Å²) in [5.74, 6) is 0. The fraction of sp³-hybridized carbons (Fsp3) is 0.625. The maximum Gasteiger partial charge on any atom is 0.261 e. The summed E-state index contributed by atoms with van der Waals surface area (Å²) in [6.07, 6.45) is 1.56. The molecule has 0 aromatic heterocycles. The smallest absolute Gasteiger partial charge is 0.261 e. The van der Waals surface area contributed by atoms with Crippen LogP contribution in [0, 0.1) is 0 Å². The Labute approximate surface area is 238 Å². The summed E-state index contributed by atoms with van der Waals surface area (Å²) < 4.78 is 26.1. The zero-order valence-electron chi connectivity index (χ0n) is 25.5. The quantitative estimate of drug-likeness (QED) is 0.264. The van der Waals surface area contributed by atoms with Gasteiger partial charge in [0.25, 0.3) is 8.32 Å². The van der Waals surface area contributed by atoms with E-state index in [-0.39, 0.29) is 46.7 Å². The molecule has 7 heteroatoms. The second-order valence-electron chi connectivity index (χ2n) is 14.2. The van der Waals surface area contributed by atoms with Crippen LogP contribution in [0.25, 0.3) is 0 Å². The standard InChI is InChI=1S/C32H50O5Si2/c1-30(2,3)38(8,9)37-24(22-32(7)29(36-32)28-27(23-33)35-28)20-21-34-39(31(4,5)6,25-16-12-10-13-17-25)26-18-14-11-15-19-26/h10-19,24,27-29,33H,20-23H2,1-9H3/t24-,27+,28-,29+,32+/m1/s1. The first-order valence-corrected chi connectivity index (χ1v) is 19.3. The number of epoxide rings is 2. The minimum Gasteiger partial charge on any atom is -0.414 e. The molecule has 2 fully saturated rings. The van der Waals surface area contributed by atoms with E-state index in [4.69, 9.17) is 18.3 Å². The number of rotatable bonds is 12. The van der Waals surface area contributed by atoms with Gasteiger partial charge in [-0.2, -0.15) is 0 Å². The Morgan fingerprint density at radius 1 is 0.897 bits per heavy atom. The molecule has 39 heavy (non-hydrogen) atoms. The maximum absolute atomic E-state index is 9.48. The maximum atomic E-state index is 9.48. The van der Waals surface area contributed by atoms with Crippen LogP contribution >= 0.6 is 0 Å². The first kappa shape index (κ1) is 30.6. The first-order valence-electron chi connectivity index (χ1n) is 14.5. The van der Waals surface area contributed by atoms with Crippen LogP contribution in [-0.4, -0.2) is 65.0 Å². The zero-order valence-corrected chi connectivity index (χ0v) is 27.5. The Morgan fingerprint density at radius 3 is 1.87 bits per heavy atom. The van der Waals surface area contributed by atoms with Crippen molar-refractivity contribution in [2.45, 2.75) is 114 Å². The normalized spacial score (nSPS) is 26.4. The molecule has 0 saturated carbocycles. The van der Waals surface area contributed by atoms with E-state index in [1.807, 2.05) is 0 Å². The molecule has 1 N–H and O–H groups in total. The fourth-order valence-corrected chi connectivity index (χ4v) is 11.7. The van der Waals surface area contributed by atoms with E-state index in [9.17, 15) is 5.11 Å². The third-order valence-corrected chi connectivity index (χ3v) is 18.7. The fourth-order valence-electron chi connectivity index (χ4n) is 5.76. The second-order valence-corrected chi connectivity index (χ2v) is 23.2. The van der Waals surface area contributed by atoms with Gasteiger partial charge in [-0.1, -0.05) is 102 Å². The number of ether oxygens (including phenoxy) is 2. The zero-order chi connectivity index (χ0) is 28.7. The summed E-state index contributed by atoms with van der Waals surface area (Å²) in [5, 5.41) is 12.1. The Balaban J connectivity index is 1.58. The highest BCUT2D eigenvalue weighted by Crippen LogP contribution is 2.50. The molecule has 5 atom stereocenters. The van der Waals surface area contributed by atoms with Crippen LogP contribution in [0.3, 0.4) is 0 Å². The van der Waals surface area contributed by atoms with Crippen LogP contribution < -0.4 is 10.4 Å². The highest BCUT2D eigenvalue weighted by molar-refractivity contribution is 6.99. The Bertz CT molecular complexity index is 1040. The van der Waals surface area contributed by atoms with Crippen molar-refractivity contribution in [1.82, 2.24) is 0 Å². The van der Waals surface area contributed by atoms with E-state index in [0.717, 1.165) is 12.8 Å². The van der Waals surface area contributed by atoms with Crippen LogP contribution in [0.5, 0.6) is 0 Å². The molecule has 2 heterocycles. The lowest BCUT2D eigenvalue weighted by molar-refractivity contribution is 0.110. The molecule has 0 bridgehead atoms. The molecule has 0 aliphatic carbocycles. The highest BCUT2D eigenvalue weighted by Gasteiger charge is 2.65. The first-order chi connectivity index (χ1) is 18.1. The Morgan fingerprint density at radius 2 is 1.44 bits per heavy atom. The van der Waals surface area contributed by atoms with Crippen LogP contribution in [0.1, 0.15) is 61.3 Å². The van der Waals surface area contributed by atoms with Gasteiger partial charge in [-0.15, -0.1) is 0 Å². The predicted molar refractivity (Wildman–Crippen MR) is 164 cm³/mol. The molecule has 2 aromatic rings. The summed E-state index contributed by atoms with van der Waals surface area (Å²) in [5.41, 5.74) is -0.293. The lowest BCUT2D eigenvalue weighted by Gasteiger charge is -2.44. The van der Waals surface area contributed by atoms with E-state index < -0.39 is 16.6 Å². The van der Waals surface area contributed by atoms with Crippen molar-refractivity contribution in [2.75, 3.05) is 13.2 Å². The highest BCUT2D eigenvalue weighted by atomic mass is 28.4.